The number of hydrogen-bond donors (Lipinski definition) is 2. The lowest BCUT2D eigenvalue weighted by atomic mass is 10.4. The minimum atomic E-state index is 0.320. The molecule has 0 aliphatic heterocycles. The van der Waals surface area contributed by atoms with Gasteiger partial charge in [0.2, 0.25) is 11.8 Å². The van der Waals surface area contributed by atoms with Crippen LogP contribution in [0.25, 0.3) is 0 Å². The first-order valence-electron chi connectivity index (χ1n) is 5.11. The average Bonchev–Trinajstić information content (AvgIpc) is 2.78. The van der Waals surface area contributed by atoms with Crippen molar-refractivity contribution in [1.82, 2.24) is 15.2 Å². The van der Waals surface area contributed by atoms with Gasteiger partial charge in [-0.1, -0.05) is 5.10 Å². The number of anilines is 2. The normalized spacial score (nSPS) is 10.2. The molecule has 0 fully saturated rings. The fourth-order valence-corrected chi connectivity index (χ4v) is 1.23. The number of rotatable bonds is 5. The zero-order valence-electron chi connectivity index (χ0n) is 9.38. The molecule has 2 rings (SSSR count). The lowest BCUT2D eigenvalue weighted by molar-refractivity contribution is 0.398. The summed E-state index contributed by atoms with van der Waals surface area (Å²) in [6.45, 7) is 0.478. The maximum atomic E-state index is 5.38. The maximum absolute atomic E-state index is 5.38. The van der Waals surface area contributed by atoms with Gasteiger partial charge < -0.3 is 20.2 Å². The molecule has 0 radical (unpaired) electrons. The molecule has 0 unspecified atom stereocenters. The van der Waals surface area contributed by atoms with Gasteiger partial charge in [-0.15, -0.1) is 5.10 Å². The van der Waals surface area contributed by atoms with Gasteiger partial charge in [0.25, 0.3) is 0 Å². The quantitative estimate of drug-likeness (QED) is 0.787. The highest BCUT2D eigenvalue weighted by molar-refractivity contribution is 5.50. The van der Waals surface area contributed by atoms with E-state index < -0.39 is 0 Å². The number of methoxy groups -OCH3 is 1. The molecule has 0 amide bonds. The first-order valence-corrected chi connectivity index (χ1v) is 5.11. The number of nitrogens with two attached hydrogens (primary N) is 1. The van der Waals surface area contributed by atoms with Gasteiger partial charge in [-0.2, -0.15) is 0 Å². The second kappa shape index (κ2) is 5.26. The van der Waals surface area contributed by atoms with Crippen LogP contribution >= 0.6 is 0 Å². The van der Waals surface area contributed by atoms with E-state index in [4.69, 9.17) is 14.9 Å². The summed E-state index contributed by atoms with van der Waals surface area (Å²) < 4.78 is 10.3. The van der Waals surface area contributed by atoms with Gasteiger partial charge in [0, 0.05) is 19.0 Å². The fraction of sp³-hybridized carbons (Fsp3) is 0.300. The van der Waals surface area contributed by atoms with Crippen molar-refractivity contribution in [2.45, 2.75) is 6.42 Å². The Hall–Kier alpha value is -2.15. The zero-order valence-corrected chi connectivity index (χ0v) is 9.38. The molecule has 0 saturated heterocycles. The summed E-state index contributed by atoms with van der Waals surface area (Å²) >= 11 is 0. The van der Waals surface area contributed by atoms with Crippen LogP contribution in [0.5, 0.6) is 5.88 Å². The smallest absolute Gasteiger partial charge is 0.320 e. The summed E-state index contributed by atoms with van der Waals surface area (Å²) in [6.07, 6.45) is 2.18. The van der Waals surface area contributed by atoms with Crippen molar-refractivity contribution >= 4 is 11.7 Å². The van der Waals surface area contributed by atoms with Crippen molar-refractivity contribution in [3.8, 4) is 5.88 Å². The van der Waals surface area contributed by atoms with Gasteiger partial charge in [0.05, 0.1) is 19.0 Å². The topological polar surface area (TPSA) is 99.1 Å². The molecule has 3 N–H and O–H groups in total. The molecule has 0 bridgehead atoms. The molecule has 17 heavy (non-hydrogen) atoms. The van der Waals surface area contributed by atoms with Gasteiger partial charge in [0.15, 0.2) is 0 Å². The molecular formula is C10H13N5O2. The van der Waals surface area contributed by atoms with Crippen LogP contribution in [0, 0.1) is 0 Å². The first-order chi connectivity index (χ1) is 8.31. The minimum absolute atomic E-state index is 0.320. The molecule has 7 nitrogen and oxygen atoms in total. The van der Waals surface area contributed by atoms with E-state index >= 15 is 0 Å². The molecule has 0 atom stereocenters. The monoisotopic (exact) mass is 235 g/mol. The second-order valence-electron chi connectivity index (χ2n) is 3.25. The Morgan fingerprint density at radius 3 is 2.94 bits per heavy atom. The Labute approximate surface area is 98.0 Å². The summed E-state index contributed by atoms with van der Waals surface area (Å²) in [6, 6.07) is 3.86. The number of ether oxygens (including phenoxy) is 1. The molecule has 7 heteroatoms. The highest BCUT2D eigenvalue weighted by Crippen LogP contribution is 2.16. The Kier molecular flexibility index (Phi) is 3.51. The van der Waals surface area contributed by atoms with Crippen molar-refractivity contribution in [1.29, 1.82) is 0 Å². The summed E-state index contributed by atoms with van der Waals surface area (Å²) in [5.41, 5.74) is 6.13. The van der Waals surface area contributed by atoms with Gasteiger partial charge in [-0.25, -0.2) is 4.98 Å². The van der Waals surface area contributed by atoms with Crippen molar-refractivity contribution in [2.75, 3.05) is 19.0 Å². The summed E-state index contributed by atoms with van der Waals surface area (Å²) in [4.78, 5) is 4.04. The highest BCUT2D eigenvalue weighted by atomic mass is 16.5. The van der Waals surface area contributed by atoms with Gasteiger partial charge in [0.1, 0.15) is 0 Å². The SMILES string of the molecule is COc1ccc(Nc2nnc(CCN)o2)cn1. The third-order valence-corrected chi connectivity index (χ3v) is 2.02. The van der Waals surface area contributed by atoms with Crippen LogP contribution in [0.15, 0.2) is 22.7 Å². The van der Waals surface area contributed by atoms with Crippen molar-refractivity contribution in [3.63, 3.8) is 0 Å². The summed E-state index contributed by atoms with van der Waals surface area (Å²) in [5.74, 6) is 1.06. The molecule has 2 aromatic heterocycles. The third kappa shape index (κ3) is 2.91. The van der Waals surface area contributed by atoms with E-state index in [9.17, 15) is 0 Å². The molecule has 2 aromatic rings. The summed E-state index contributed by atoms with van der Waals surface area (Å²) in [7, 11) is 1.56. The largest absolute Gasteiger partial charge is 0.481 e. The van der Waals surface area contributed by atoms with Gasteiger partial charge in [-0.3, -0.25) is 0 Å². The van der Waals surface area contributed by atoms with E-state index in [1.165, 1.54) is 0 Å². The third-order valence-electron chi connectivity index (χ3n) is 2.02. The molecule has 90 valence electrons. The van der Waals surface area contributed by atoms with Crippen LogP contribution in [0.3, 0.4) is 0 Å². The predicted molar refractivity (Wildman–Crippen MR) is 61.1 cm³/mol. The number of aromatic nitrogens is 3. The number of hydrogen-bond acceptors (Lipinski definition) is 7. The fourth-order valence-electron chi connectivity index (χ4n) is 1.23. The van der Waals surface area contributed by atoms with Crippen LogP contribution in [-0.2, 0) is 6.42 Å². The van der Waals surface area contributed by atoms with E-state index in [2.05, 4.69) is 20.5 Å². The van der Waals surface area contributed by atoms with Gasteiger partial charge in [-0.05, 0) is 6.07 Å². The van der Waals surface area contributed by atoms with Crippen LogP contribution in [0.2, 0.25) is 0 Å². The molecule has 0 saturated carbocycles. The summed E-state index contributed by atoms with van der Waals surface area (Å²) in [5, 5.41) is 10.6. The van der Waals surface area contributed by atoms with Crippen molar-refractivity contribution in [2.24, 2.45) is 5.73 Å². The van der Waals surface area contributed by atoms with Crippen molar-refractivity contribution < 1.29 is 9.15 Å². The standard InChI is InChI=1S/C10H13N5O2/c1-16-8-3-2-7(6-12-8)13-10-15-14-9(17-10)4-5-11/h2-3,6H,4-5,11H2,1H3,(H,13,15). The Morgan fingerprint density at radius 1 is 1.41 bits per heavy atom. The molecular weight excluding hydrogens is 222 g/mol. The van der Waals surface area contributed by atoms with Crippen molar-refractivity contribution in [3.05, 3.63) is 24.2 Å². The van der Waals surface area contributed by atoms with Crippen LogP contribution in [-0.4, -0.2) is 28.8 Å². The maximum Gasteiger partial charge on any atom is 0.320 e. The first kappa shape index (κ1) is 11.3. The van der Waals surface area contributed by atoms with E-state index in [0.717, 1.165) is 5.69 Å². The number of pyridine rings is 1. The zero-order chi connectivity index (χ0) is 12.1. The van der Waals surface area contributed by atoms with Crippen LogP contribution < -0.4 is 15.8 Å². The molecule has 0 aliphatic rings. The van der Waals surface area contributed by atoms with E-state index in [1.807, 2.05) is 0 Å². The van der Waals surface area contributed by atoms with E-state index in [0.29, 0.717) is 30.8 Å². The van der Waals surface area contributed by atoms with E-state index in [-0.39, 0.29) is 0 Å². The Bertz CT molecular complexity index is 468. The average molecular weight is 235 g/mol. The Morgan fingerprint density at radius 2 is 2.29 bits per heavy atom. The predicted octanol–water partition coefficient (Wildman–Crippen LogP) is 0.718. The molecule has 0 aliphatic carbocycles. The minimum Gasteiger partial charge on any atom is -0.481 e. The van der Waals surface area contributed by atoms with Crippen LogP contribution in [0.1, 0.15) is 5.89 Å². The molecule has 0 spiro atoms. The number of nitrogens with zero attached hydrogens (tertiary/aromatic N) is 3. The second-order valence-corrected chi connectivity index (χ2v) is 3.25. The van der Waals surface area contributed by atoms with Gasteiger partial charge >= 0.3 is 6.01 Å². The number of nitrogens with one attached hydrogen (secondary N) is 1. The lowest BCUT2D eigenvalue weighted by Crippen LogP contribution is -2.02. The van der Waals surface area contributed by atoms with E-state index in [1.54, 1.807) is 25.4 Å². The molecule has 2 heterocycles. The lowest BCUT2D eigenvalue weighted by Gasteiger charge is -2.01. The van der Waals surface area contributed by atoms with Crippen LogP contribution in [0.4, 0.5) is 11.7 Å². The molecule has 0 aromatic carbocycles. The Balaban J connectivity index is 2.03. The highest BCUT2D eigenvalue weighted by Gasteiger charge is 2.05.